The van der Waals surface area contributed by atoms with Crippen molar-refractivity contribution >= 4 is 28.5 Å². The van der Waals surface area contributed by atoms with Gasteiger partial charge in [-0.05, 0) is 42.0 Å². The highest BCUT2D eigenvalue weighted by Crippen LogP contribution is 2.27. The minimum Gasteiger partial charge on any atom is -0.431 e. The number of thioether (sulfide) groups is 1. The van der Waals surface area contributed by atoms with Crippen LogP contribution in [0.2, 0.25) is 0 Å². The average Bonchev–Trinajstić information content (AvgIpc) is 2.86. The van der Waals surface area contributed by atoms with Crippen LogP contribution < -0.4 is 5.73 Å². The van der Waals surface area contributed by atoms with E-state index in [4.69, 9.17) is 15.4 Å². The molecule has 0 saturated heterocycles. The van der Waals surface area contributed by atoms with E-state index in [1.807, 2.05) is 6.07 Å². The first-order valence-corrected chi connectivity index (χ1v) is 7.11. The Morgan fingerprint density at radius 2 is 2.14 bits per heavy atom. The van der Waals surface area contributed by atoms with Crippen LogP contribution in [0.4, 0.5) is 10.1 Å². The quantitative estimate of drug-likeness (QED) is 0.589. The molecule has 21 heavy (non-hydrogen) atoms. The standard InChI is InChI=1S/C15H10FN3OS/c16-11-4-9(7-17)3-10(5-11)8-21-15-19-13-6-12(18)1-2-14(13)20-15/h1-6H,8,18H2. The van der Waals surface area contributed by atoms with E-state index in [2.05, 4.69) is 4.98 Å². The van der Waals surface area contributed by atoms with E-state index < -0.39 is 5.82 Å². The van der Waals surface area contributed by atoms with Crippen molar-refractivity contribution in [1.82, 2.24) is 4.98 Å². The highest BCUT2D eigenvalue weighted by atomic mass is 32.2. The SMILES string of the molecule is N#Cc1cc(F)cc(CSc2nc3cc(N)ccc3o2)c1. The second-order valence-corrected chi connectivity index (χ2v) is 5.38. The fourth-order valence-corrected chi connectivity index (χ4v) is 2.70. The van der Waals surface area contributed by atoms with Gasteiger partial charge in [-0.2, -0.15) is 5.26 Å². The van der Waals surface area contributed by atoms with Crippen molar-refractivity contribution in [3.05, 3.63) is 53.3 Å². The van der Waals surface area contributed by atoms with E-state index in [0.717, 1.165) is 0 Å². The Morgan fingerprint density at radius 1 is 1.29 bits per heavy atom. The summed E-state index contributed by atoms with van der Waals surface area (Å²) in [6.45, 7) is 0. The monoisotopic (exact) mass is 299 g/mol. The Kier molecular flexibility index (Phi) is 3.50. The van der Waals surface area contributed by atoms with Crippen LogP contribution in [0.15, 0.2) is 46.0 Å². The number of nitrogens with two attached hydrogens (primary N) is 1. The minimum atomic E-state index is -0.421. The van der Waals surface area contributed by atoms with E-state index in [9.17, 15) is 4.39 Å². The van der Waals surface area contributed by atoms with Crippen LogP contribution in [-0.4, -0.2) is 4.98 Å². The molecule has 0 unspecified atom stereocenters. The Hall–Kier alpha value is -2.52. The maximum Gasteiger partial charge on any atom is 0.257 e. The molecule has 6 heteroatoms. The molecular formula is C15H10FN3OS. The predicted molar refractivity (Wildman–Crippen MR) is 79.1 cm³/mol. The molecule has 3 aromatic rings. The number of rotatable bonds is 3. The Balaban J connectivity index is 1.80. The molecule has 1 heterocycles. The van der Waals surface area contributed by atoms with Gasteiger partial charge in [0, 0.05) is 11.4 Å². The van der Waals surface area contributed by atoms with Crippen molar-refractivity contribution in [2.24, 2.45) is 0 Å². The molecule has 104 valence electrons. The third-order valence-corrected chi connectivity index (χ3v) is 3.74. The predicted octanol–water partition coefficient (Wildman–Crippen LogP) is 3.71. The van der Waals surface area contributed by atoms with Crippen LogP contribution in [0.1, 0.15) is 11.1 Å². The Morgan fingerprint density at radius 3 is 2.95 bits per heavy atom. The molecule has 0 aliphatic carbocycles. The van der Waals surface area contributed by atoms with Gasteiger partial charge in [0.15, 0.2) is 5.58 Å². The Labute approximate surface area is 124 Å². The van der Waals surface area contributed by atoms with Gasteiger partial charge < -0.3 is 10.2 Å². The van der Waals surface area contributed by atoms with Crippen molar-refractivity contribution < 1.29 is 8.81 Å². The zero-order valence-electron chi connectivity index (χ0n) is 10.8. The molecule has 0 saturated carbocycles. The summed E-state index contributed by atoms with van der Waals surface area (Å²) in [7, 11) is 0. The molecule has 2 aromatic carbocycles. The topological polar surface area (TPSA) is 75.8 Å². The lowest BCUT2D eigenvalue weighted by molar-refractivity contribution is 0.489. The van der Waals surface area contributed by atoms with Crippen LogP contribution in [0.3, 0.4) is 0 Å². The second kappa shape index (κ2) is 5.46. The van der Waals surface area contributed by atoms with E-state index in [-0.39, 0.29) is 0 Å². The third kappa shape index (κ3) is 2.98. The van der Waals surface area contributed by atoms with Crippen molar-refractivity contribution in [1.29, 1.82) is 5.26 Å². The first-order chi connectivity index (χ1) is 10.1. The first kappa shape index (κ1) is 13.5. The number of halogens is 1. The van der Waals surface area contributed by atoms with E-state index >= 15 is 0 Å². The molecule has 0 aliphatic heterocycles. The summed E-state index contributed by atoms with van der Waals surface area (Å²) in [5.41, 5.74) is 8.66. The molecule has 3 rings (SSSR count). The molecule has 0 spiro atoms. The highest BCUT2D eigenvalue weighted by Gasteiger charge is 2.08. The Bertz CT molecular complexity index is 854. The van der Waals surface area contributed by atoms with Crippen LogP contribution in [0.5, 0.6) is 0 Å². The van der Waals surface area contributed by atoms with Gasteiger partial charge in [-0.15, -0.1) is 0 Å². The maximum absolute atomic E-state index is 13.3. The summed E-state index contributed by atoms with van der Waals surface area (Å²) < 4.78 is 18.9. The molecule has 0 atom stereocenters. The molecule has 0 bridgehead atoms. The number of aromatic nitrogens is 1. The minimum absolute atomic E-state index is 0.302. The zero-order valence-corrected chi connectivity index (χ0v) is 11.7. The van der Waals surface area contributed by atoms with E-state index in [1.165, 1.54) is 23.9 Å². The molecule has 0 fully saturated rings. The number of anilines is 1. The highest BCUT2D eigenvalue weighted by molar-refractivity contribution is 7.98. The van der Waals surface area contributed by atoms with Gasteiger partial charge in [-0.1, -0.05) is 11.8 Å². The lowest BCUT2D eigenvalue weighted by Crippen LogP contribution is -1.86. The molecular weight excluding hydrogens is 289 g/mol. The number of benzene rings is 2. The molecule has 1 aromatic heterocycles. The molecule has 0 radical (unpaired) electrons. The fourth-order valence-electron chi connectivity index (χ4n) is 1.93. The summed E-state index contributed by atoms with van der Waals surface area (Å²) in [6.07, 6.45) is 0. The summed E-state index contributed by atoms with van der Waals surface area (Å²) in [5.74, 6) is 0.0457. The largest absolute Gasteiger partial charge is 0.431 e. The summed E-state index contributed by atoms with van der Waals surface area (Å²) in [5, 5.41) is 9.31. The van der Waals surface area contributed by atoms with Crippen LogP contribution in [0, 0.1) is 17.1 Å². The number of nitrogen functional groups attached to an aromatic ring is 1. The van der Waals surface area contributed by atoms with Crippen molar-refractivity contribution in [3.63, 3.8) is 0 Å². The van der Waals surface area contributed by atoms with Gasteiger partial charge in [-0.3, -0.25) is 0 Å². The van der Waals surface area contributed by atoms with Crippen LogP contribution in [-0.2, 0) is 5.75 Å². The molecule has 0 aliphatic rings. The van der Waals surface area contributed by atoms with Gasteiger partial charge in [0.1, 0.15) is 11.3 Å². The van der Waals surface area contributed by atoms with Gasteiger partial charge >= 0.3 is 0 Å². The molecule has 0 amide bonds. The number of fused-ring (bicyclic) bond motifs is 1. The number of nitrogens with zero attached hydrogens (tertiary/aromatic N) is 2. The van der Waals surface area contributed by atoms with E-state index in [1.54, 1.807) is 24.3 Å². The van der Waals surface area contributed by atoms with Crippen molar-refractivity contribution in [2.45, 2.75) is 11.0 Å². The van der Waals surface area contributed by atoms with Gasteiger partial charge in [0.05, 0.1) is 11.6 Å². The van der Waals surface area contributed by atoms with Gasteiger partial charge in [0.2, 0.25) is 0 Å². The van der Waals surface area contributed by atoms with Gasteiger partial charge in [0.25, 0.3) is 5.22 Å². The normalized spacial score (nSPS) is 10.7. The van der Waals surface area contributed by atoms with Crippen LogP contribution in [0.25, 0.3) is 11.1 Å². The summed E-state index contributed by atoms with van der Waals surface area (Å²) in [4.78, 5) is 4.31. The zero-order chi connectivity index (χ0) is 14.8. The number of hydrogen-bond donors (Lipinski definition) is 1. The summed E-state index contributed by atoms with van der Waals surface area (Å²) >= 11 is 1.34. The number of oxazole rings is 1. The van der Waals surface area contributed by atoms with Gasteiger partial charge in [-0.25, -0.2) is 9.37 Å². The molecule has 2 N–H and O–H groups in total. The second-order valence-electron chi connectivity index (χ2n) is 4.46. The van der Waals surface area contributed by atoms with E-state index in [0.29, 0.717) is 38.9 Å². The number of nitriles is 1. The fraction of sp³-hybridized carbons (Fsp3) is 0.0667. The van der Waals surface area contributed by atoms with Crippen molar-refractivity contribution in [2.75, 3.05) is 5.73 Å². The smallest absolute Gasteiger partial charge is 0.257 e. The number of hydrogen-bond acceptors (Lipinski definition) is 5. The first-order valence-electron chi connectivity index (χ1n) is 6.12. The third-order valence-electron chi connectivity index (χ3n) is 2.84. The lowest BCUT2D eigenvalue weighted by atomic mass is 10.1. The van der Waals surface area contributed by atoms with Crippen molar-refractivity contribution in [3.8, 4) is 6.07 Å². The maximum atomic E-state index is 13.3. The summed E-state index contributed by atoms with van der Waals surface area (Å²) in [6, 6.07) is 11.4. The van der Waals surface area contributed by atoms with Crippen LogP contribution >= 0.6 is 11.8 Å². The molecule has 4 nitrogen and oxygen atoms in total. The average molecular weight is 299 g/mol. The lowest BCUT2D eigenvalue weighted by Gasteiger charge is -2.00.